The molecule has 280 valence electrons. The lowest BCUT2D eigenvalue weighted by molar-refractivity contribution is -0.175. The molecular formula is C42H50N4O7. The molecule has 53 heavy (non-hydrogen) atoms. The number of phenolic OH excluding ortho intramolecular Hbond substituents is 1. The summed E-state index contributed by atoms with van der Waals surface area (Å²) in [5.74, 6) is 1.05. The molecule has 3 aromatic carbocycles. The van der Waals surface area contributed by atoms with Crippen LogP contribution in [0.25, 0.3) is 10.9 Å². The molecule has 2 atom stereocenters. The number of fused-ring (bicyclic) bond motifs is 4. The number of unbranched alkanes of at least 4 members (excludes halogenated alkanes) is 2. The molecule has 0 aliphatic carbocycles. The van der Waals surface area contributed by atoms with Crippen LogP contribution in [0, 0.1) is 5.92 Å². The summed E-state index contributed by atoms with van der Waals surface area (Å²) < 4.78 is 12.1. The van der Waals surface area contributed by atoms with Gasteiger partial charge < -0.3 is 34.9 Å². The Hall–Kier alpha value is -4.71. The maximum Gasteiger partial charge on any atom is 0.320 e. The number of aromatic nitrogens is 1. The molecule has 0 spiro atoms. The molecule has 1 amide bonds. The number of likely N-dealkylation sites (tertiary alicyclic amines) is 1. The second-order valence-electron chi connectivity index (χ2n) is 14.8. The number of nitrogens with one attached hydrogen (secondary N) is 2. The fourth-order valence-corrected chi connectivity index (χ4v) is 8.04. The number of aryl methyl sites for hydroxylation is 1. The zero-order valence-corrected chi connectivity index (χ0v) is 30.2. The molecule has 2 bridgehead atoms. The molecule has 4 N–H and O–H groups in total. The molecule has 8 rings (SSSR count). The highest BCUT2D eigenvalue weighted by Gasteiger charge is 2.54. The molecule has 4 fully saturated rings. The summed E-state index contributed by atoms with van der Waals surface area (Å²) >= 11 is 0. The summed E-state index contributed by atoms with van der Waals surface area (Å²) in [6, 6.07) is 23.8. The summed E-state index contributed by atoms with van der Waals surface area (Å²) in [7, 11) is 0. The van der Waals surface area contributed by atoms with Gasteiger partial charge in [0.15, 0.2) is 0 Å². The topological polar surface area (TPSA) is 144 Å². The largest absolute Gasteiger partial charge is 0.506 e. The summed E-state index contributed by atoms with van der Waals surface area (Å²) in [5.41, 5.74) is 1.83. The van der Waals surface area contributed by atoms with Crippen LogP contribution >= 0.6 is 0 Å². The van der Waals surface area contributed by atoms with Gasteiger partial charge in [-0.1, -0.05) is 48.5 Å². The number of esters is 1. The fraction of sp³-hybridized carbons (Fsp3) is 0.452. The molecular weight excluding hydrogens is 672 g/mol. The Kier molecular flexibility index (Phi) is 11.4. The lowest BCUT2D eigenvalue weighted by Crippen LogP contribution is -2.66. The van der Waals surface area contributed by atoms with E-state index in [9.17, 15) is 24.6 Å². The van der Waals surface area contributed by atoms with Gasteiger partial charge in [-0.25, -0.2) is 0 Å². The number of nitrogens with zero attached hydrogens (tertiary/aromatic N) is 2. The van der Waals surface area contributed by atoms with E-state index in [-0.39, 0.29) is 29.3 Å². The number of hydrogen-bond donors (Lipinski definition) is 4. The maximum absolute atomic E-state index is 13.7. The van der Waals surface area contributed by atoms with Gasteiger partial charge in [0.1, 0.15) is 23.0 Å². The SMILES string of the molecule is O=C(CCc1ccc(OCCCCCNCC(O)c2ccc(O)c3[nH]c(=O)ccc23)cc1)N1CC(C(=O)OC2CN3CCC2CC3)(c2ccccc2)C1. The minimum atomic E-state index is -0.810. The summed E-state index contributed by atoms with van der Waals surface area (Å²) in [6.07, 6.45) is 5.09. The molecule has 0 radical (unpaired) electrons. The number of aliphatic hydroxyl groups excluding tert-OH is 1. The van der Waals surface area contributed by atoms with Gasteiger partial charge in [0, 0.05) is 44.1 Å². The highest BCUT2D eigenvalue weighted by atomic mass is 16.5. The van der Waals surface area contributed by atoms with Gasteiger partial charge in [-0.15, -0.1) is 0 Å². The van der Waals surface area contributed by atoms with Crippen LogP contribution in [0.15, 0.2) is 83.7 Å². The van der Waals surface area contributed by atoms with E-state index in [1.54, 1.807) is 17.0 Å². The fourth-order valence-electron chi connectivity index (χ4n) is 8.04. The van der Waals surface area contributed by atoms with Crippen molar-refractivity contribution in [2.45, 2.75) is 62.6 Å². The van der Waals surface area contributed by atoms with Crippen molar-refractivity contribution < 1.29 is 29.3 Å². The van der Waals surface area contributed by atoms with E-state index >= 15 is 0 Å². The Morgan fingerprint density at radius 2 is 1.72 bits per heavy atom. The van der Waals surface area contributed by atoms with Gasteiger partial charge in [0.05, 0.1) is 18.2 Å². The van der Waals surface area contributed by atoms with Crippen molar-refractivity contribution in [1.82, 2.24) is 20.1 Å². The molecule has 11 heteroatoms. The third-order valence-electron chi connectivity index (χ3n) is 11.3. The van der Waals surface area contributed by atoms with Crippen molar-refractivity contribution in [2.75, 3.05) is 52.4 Å². The van der Waals surface area contributed by atoms with Gasteiger partial charge in [0.25, 0.3) is 0 Å². The Balaban J connectivity index is 0.793. The zero-order chi connectivity index (χ0) is 36.8. The lowest BCUT2D eigenvalue weighted by atomic mass is 9.73. The summed E-state index contributed by atoms with van der Waals surface area (Å²) in [4.78, 5) is 45.4. The molecule has 4 aromatic rings. The van der Waals surface area contributed by atoms with Gasteiger partial charge in [-0.05, 0) is 105 Å². The number of rotatable bonds is 16. The van der Waals surface area contributed by atoms with Gasteiger partial charge >= 0.3 is 5.97 Å². The first-order valence-corrected chi connectivity index (χ1v) is 19.0. The van der Waals surface area contributed by atoms with Crippen molar-refractivity contribution in [3.63, 3.8) is 0 Å². The molecule has 4 aliphatic heterocycles. The third-order valence-corrected chi connectivity index (χ3v) is 11.3. The zero-order valence-electron chi connectivity index (χ0n) is 30.2. The smallest absolute Gasteiger partial charge is 0.320 e. The first-order chi connectivity index (χ1) is 25.8. The number of aromatic hydroxyl groups is 1. The maximum atomic E-state index is 13.7. The number of aromatic amines is 1. The number of pyridine rings is 1. The van der Waals surface area contributed by atoms with Gasteiger partial charge in [-0.3, -0.25) is 19.3 Å². The average molecular weight is 723 g/mol. The predicted octanol–water partition coefficient (Wildman–Crippen LogP) is 4.46. The highest BCUT2D eigenvalue weighted by Crippen LogP contribution is 2.39. The average Bonchev–Trinajstić information content (AvgIpc) is 3.16. The molecule has 2 unspecified atom stereocenters. The van der Waals surface area contributed by atoms with Crippen molar-refractivity contribution in [1.29, 1.82) is 0 Å². The number of amides is 1. The number of ether oxygens (including phenoxy) is 2. The van der Waals surface area contributed by atoms with Crippen LogP contribution in [0.1, 0.15) is 61.3 Å². The number of hydrogen-bond acceptors (Lipinski definition) is 9. The normalized spacial score (nSPS) is 20.8. The van der Waals surface area contributed by atoms with E-state index in [2.05, 4.69) is 15.2 Å². The second kappa shape index (κ2) is 16.5. The van der Waals surface area contributed by atoms with Gasteiger partial charge in [-0.2, -0.15) is 0 Å². The van der Waals surface area contributed by atoms with Crippen molar-refractivity contribution in [2.24, 2.45) is 5.92 Å². The number of carbonyl (C=O) groups is 2. The summed E-state index contributed by atoms with van der Waals surface area (Å²) in [6.45, 7) is 5.38. The first-order valence-electron chi connectivity index (χ1n) is 19.0. The van der Waals surface area contributed by atoms with Crippen LogP contribution in [-0.2, 0) is 26.2 Å². The van der Waals surface area contributed by atoms with Crippen molar-refractivity contribution in [3.05, 3.63) is 106 Å². The minimum absolute atomic E-state index is 0.0269. The second-order valence-corrected chi connectivity index (χ2v) is 14.8. The van der Waals surface area contributed by atoms with E-state index in [4.69, 9.17) is 9.47 Å². The van der Waals surface area contributed by atoms with Crippen LogP contribution in [-0.4, -0.2) is 95.4 Å². The Morgan fingerprint density at radius 1 is 0.943 bits per heavy atom. The van der Waals surface area contributed by atoms with Gasteiger partial charge in [0.2, 0.25) is 11.5 Å². The van der Waals surface area contributed by atoms with Crippen LogP contribution in [0.5, 0.6) is 11.5 Å². The van der Waals surface area contributed by atoms with E-state index in [0.717, 1.165) is 75.2 Å². The van der Waals surface area contributed by atoms with E-state index < -0.39 is 11.5 Å². The quantitative estimate of drug-likeness (QED) is 0.0974. The van der Waals surface area contributed by atoms with E-state index in [1.165, 1.54) is 12.1 Å². The van der Waals surface area contributed by atoms with Crippen LogP contribution in [0.3, 0.4) is 0 Å². The van der Waals surface area contributed by atoms with Crippen LogP contribution in [0.4, 0.5) is 0 Å². The standard InChI is InChI=1S/C42H50N4O7/c47-35-16-14-33(34-15-17-38(49)44-40(34)35)36(48)25-43-21-5-2-6-24-52-32-12-9-29(10-13-32)11-18-39(50)46-27-42(28-46,31-7-3-1-4-8-31)41(51)53-37-26-45-22-19-30(37)20-23-45/h1,3-4,7-10,12-17,30,36-37,43,47-48H,2,5-6,11,18-28H2,(H,44,49). The number of piperidine rings is 3. The first kappa shape index (κ1) is 36.6. The summed E-state index contributed by atoms with van der Waals surface area (Å²) in [5, 5.41) is 24.7. The van der Waals surface area contributed by atoms with Crippen molar-refractivity contribution >= 4 is 22.8 Å². The minimum Gasteiger partial charge on any atom is -0.506 e. The predicted molar refractivity (Wildman–Crippen MR) is 202 cm³/mol. The Labute approximate surface area is 309 Å². The Bertz CT molecular complexity index is 1920. The molecule has 5 heterocycles. The number of benzene rings is 3. The lowest BCUT2D eigenvalue weighted by Gasteiger charge is -2.50. The Morgan fingerprint density at radius 3 is 2.45 bits per heavy atom. The van der Waals surface area contributed by atoms with Crippen LogP contribution < -0.4 is 15.6 Å². The molecule has 1 aromatic heterocycles. The molecule has 4 aliphatic rings. The number of H-pyrrole nitrogens is 1. The van der Waals surface area contributed by atoms with Crippen LogP contribution in [0.2, 0.25) is 0 Å². The molecule has 4 saturated heterocycles. The van der Waals surface area contributed by atoms with Crippen molar-refractivity contribution in [3.8, 4) is 11.5 Å². The monoisotopic (exact) mass is 722 g/mol. The number of carbonyl (C=O) groups excluding carboxylic acids is 2. The third kappa shape index (κ3) is 8.43. The van der Waals surface area contributed by atoms with E-state index in [1.807, 2.05) is 54.6 Å². The van der Waals surface area contributed by atoms with E-state index in [0.29, 0.717) is 61.5 Å². The molecule has 11 nitrogen and oxygen atoms in total. The molecule has 0 saturated carbocycles. The number of phenols is 1. The number of aliphatic hydroxyl groups is 1. The highest BCUT2D eigenvalue weighted by molar-refractivity contribution is 5.89.